The lowest BCUT2D eigenvalue weighted by Crippen LogP contribution is -2.38. The normalized spacial score (nSPS) is 22.1. The molecule has 1 heterocycles. The van der Waals surface area contributed by atoms with Crippen LogP contribution in [0.1, 0.15) is 23.7 Å². The number of nitro benzene ring substituents is 1. The van der Waals surface area contributed by atoms with E-state index in [-0.39, 0.29) is 17.6 Å². The van der Waals surface area contributed by atoms with E-state index in [4.69, 9.17) is 11.6 Å². The monoisotopic (exact) mass is 360 g/mol. The molecule has 1 aliphatic heterocycles. The summed E-state index contributed by atoms with van der Waals surface area (Å²) in [5.41, 5.74) is 0.215. The Labute approximate surface area is 130 Å². The van der Waals surface area contributed by atoms with Gasteiger partial charge in [0.05, 0.1) is 4.92 Å². The molecule has 0 bridgehead atoms. The summed E-state index contributed by atoms with van der Waals surface area (Å²) in [4.78, 5) is 24.6. The second-order valence-corrected chi connectivity index (χ2v) is 6.17. The number of nitrogens with zero attached hydrogens (tertiary/aromatic N) is 2. The maximum Gasteiger partial charge on any atom is 0.271 e. The van der Waals surface area contributed by atoms with Crippen molar-refractivity contribution in [1.29, 1.82) is 0 Å². The Morgan fingerprint density at radius 3 is 2.85 bits per heavy atom. The molecule has 1 saturated heterocycles. The third-order valence-corrected chi connectivity index (χ3v) is 4.42. The summed E-state index contributed by atoms with van der Waals surface area (Å²) >= 11 is 9.13. The van der Waals surface area contributed by atoms with E-state index < -0.39 is 4.92 Å². The summed E-state index contributed by atoms with van der Waals surface area (Å²) < 4.78 is 0.518. The number of likely N-dealkylation sites (tertiary alicyclic amines) is 1. The molecule has 2 atom stereocenters. The quantitative estimate of drug-likeness (QED) is 0.470. The summed E-state index contributed by atoms with van der Waals surface area (Å²) in [6.45, 7) is 2.70. The molecule has 0 aromatic heterocycles. The second-order valence-electron chi connectivity index (χ2n) is 4.94. The molecule has 0 aliphatic carbocycles. The highest BCUT2D eigenvalue weighted by molar-refractivity contribution is 9.10. The molecular formula is C13H14BrClN2O3. The topological polar surface area (TPSA) is 63.5 Å². The zero-order chi connectivity index (χ0) is 14.9. The summed E-state index contributed by atoms with van der Waals surface area (Å²) in [6, 6.07) is 4.27. The molecule has 0 spiro atoms. The Morgan fingerprint density at radius 1 is 1.55 bits per heavy atom. The minimum atomic E-state index is -0.507. The standard InChI is InChI=1S/C13H14BrClN2O3/c1-8-2-3-16(12(8)7-15)13(18)9-4-10(14)6-11(5-9)17(19)20/h4-6,8,12H,2-3,7H2,1H3. The molecule has 2 unspecified atom stereocenters. The van der Waals surface area contributed by atoms with Gasteiger partial charge < -0.3 is 4.90 Å². The van der Waals surface area contributed by atoms with Gasteiger partial charge in [-0.1, -0.05) is 22.9 Å². The number of benzene rings is 1. The fraction of sp³-hybridized carbons (Fsp3) is 0.462. The molecule has 20 heavy (non-hydrogen) atoms. The van der Waals surface area contributed by atoms with E-state index in [1.165, 1.54) is 12.1 Å². The summed E-state index contributed by atoms with van der Waals surface area (Å²) in [6.07, 6.45) is 0.902. The fourth-order valence-electron chi connectivity index (χ4n) is 2.46. The van der Waals surface area contributed by atoms with Crippen molar-refractivity contribution in [3.63, 3.8) is 0 Å². The van der Waals surface area contributed by atoms with Crippen LogP contribution < -0.4 is 0 Å². The Kier molecular flexibility index (Phi) is 4.65. The van der Waals surface area contributed by atoms with Gasteiger partial charge in [0, 0.05) is 40.6 Å². The van der Waals surface area contributed by atoms with Crippen molar-refractivity contribution in [2.45, 2.75) is 19.4 Å². The Hall–Kier alpha value is -1.14. The van der Waals surface area contributed by atoms with Gasteiger partial charge in [0.15, 0.2) is 0 Å². The third-order valence-electron chi connectivity index (χ3n) is 3.64. The van der Waals surface area contributed by atoms with Crippen molar-refractivity contribution >= 4 is 39.1 Å². The number of nitro groups is 1. The number of carbonyl (C=O) groups excluding carboxylic acids is 1. The van der Waals surface area contributed by atoms with Crippen LogP contribution in [0.15, 0.2) is 22.7 Å². The molecule has 5 nitrogen and oxygen atoms in total. The third kappa shape index (κ3) is 2.96. The number of non-ortho nitro benzene ring substituents is 1. The molecule has 1 amide bonds. The molecule has 0 saturated carbocycles. The Morgan fingerprint density at radius 2 is 2.25 bits per heavy atom. The first-order valence-corrected chi connectivity index (χ1v) is 7.58. The average molecular weight is 362 g/mol. The predicted molar refractivity (Wildman–Crippen MR) is 80.1 cm³/mol. The van der Waals surface area contributed by atoms with Gasteiger partial charge in [-0.05, 0) is 18.4 Å². The maximum atomic E-state index is 12.5. The van der Waals surface area contributed by atoms with Crippen molar-refractivity contribution in [3.05, 3.63) is 38.3 Å². The lowest BCUT2D eigenvalue weighted by molar-refractivity contribution is -0.385. The average Bonchev–Trinajstić information content (AvgIpc) is 2.78. The van der Waals surface area contributed by atoms with E-state index in [0.717, 1.165) is 6.42 Å². The first kappa shape index (κ1) is 15.3. The Bertz CT molecular complexity index is 552. The van der Waals surface area contributed by atoms with Gasteiger partial charge in [0.25, 0.3) is 11.6 Å². The molecule has 0 radical (unpaired) electrons. The molecular weight excluding hydrogens is 348 g/mol. The lowest BCUT2D eigenvalue weighted by atomic mass is 10.0. The van der Waals surface area contributed by atoms with Crippen molar-refractivity contribution in [1.82, 2.24) is 4.90 Å². The van der Waals surface area contributed by atoms with E-state index in [0.29, 0.717) is 28.4 Å². The van der Waals surface area contributed by atoms with Crippen LogP contribution in [0.4, 0.5) is 5.69 Å². The van der Waals surface area contributed by atoms with Crippen molar-refractivity contribution in [2.24, 2.45) is 5.92 Å². The van der Waals surface area contributed by atoms with Gasteiger partial charge >= 0.3 is 0 Å². The smallest absolute Gasteiger partial charge is 0.271 e. The molecule has 0 N–H and O–H groups in total. The largest absolute Gasteiger partial charge is 0.334 e. The van der Waals surface area contributed by atoms with Crippen LogP contribution in [0.25, 0.3) is 0 Å². The highest BCUT2D eigenvalue weighted by Crippen LogP contribution is 2.28. The van der Waals surface area contributed by atoms with Gasteiger partial charge in [0.1, 0.15) is 0 Å². The second kappa shape index (κ2) is 6.10. The molecule has 1 aliphatic rings. The molecule has 2 rings (SSSR count). The van der Waals surface area contributed by atoms with Crippen LogP contribution in [0.2, 0.25) is 0 Å². The molecule has 1 aromatic carbocycles. The first-order chi connectivity index (χ1) is 9.43. The molecule has 108 valence electrons. The maximum absolute atomic E-state index is 12.5. The first-order valence-electron chi connectivity index (χ1n) is 6.26. The SMILES string of the molecule is CC1CCN(C(=O)c2cc(Br)cc([N+](=O)[O-])c2)C1CCl. The number of alkyl halides is 1. The van der Waals surface area contributed by atoms with Crippen LogP contribution in [0, 0.1) is 16.0 Å². The molecule has 1 aromatic rings. The predicted octanol–water partition coefficient (Wildman–Crippen LogP) is 3.45. The van der Waals surface area contributed by atoms with Crippen molar-refractivity contribution in [2.75, 3.05) is 12.4 Å². The summed E-state index contributed by atoms with van der Waals surface area (Å²) in [7, 11) is 0. The van der Waals surface area contributed by atoms with Gasteiger partial charge in [-0.15, -0.1) is 11.6 Å². The van der Waals surface area contributed by atoms with E-state index in [1.807, 2.05) is 0 Å². The van der Waals surface area contributed by atoms with Gasteiger partial charge in [-0.2, -0.15) is 0 Å². The minimum Gasteiger partial charge on any atom is -0.334 e. The van der Waals surface area contributed by atoms with Crippen LogP contribution in [0.3, 0.4) is 0 Å². The number of carbonyl (C=O) groups is 1. The summed E-state index contributed by atoms with van der Waals surface area (Å²) in [5.74, 6) is 0.520. The highest BCUT2D eigenvalue weighted by atomic mass is 79.9. The van der Waals surface area contributed by atoms with E-state index in [2.05, 4.69) is 22.9 Å². The van der Waals surface area contributed by atoms with Crippen molar-refractivity contribution < 1.29 is 9.72 Å². The number of hydrogen-bond acceptors (Lipinski definition) is 3. The minimum absolute atomic E-state index is 0.0118. The van der Waals surface area contributed by atoms with Crippen molar-refractivity contribution in [3.8, 4) is 0 Å². The molecule has 1 fully saturated rings. The number of rotatable bonds is 3. The van der Waals surface area contributed by atoms with Gasteiger partial charge in [-0.25, -0.2) is 0 Å². The Balaban J connectivity index is 2.32. The lowest BCUT2D eigenvalue weighted by Gasteiger charge is -2.25. The molecule has 7 heteroatoms. The highest BCUT2D eigenvalue weighted by Gasteiger charge is 2.34. The van der Waals surface area contributed by atoms with E-state index in [9.17, 15) is 14.9 Å². The van der Waals surface area contributed by atoms with Crippen LogP contribution in [-0.4, -0.2) is 34.2 Å². The van der Waals surface area contributed by atoms with Gasteiger partial charge in [-0.3, -0.25) is 14.9 Å². The summed E-state index contributed by atoms with van der Waals surface area (Å²) in [5, 5.41) is 10.9. The zero-order valence-electron chi connectivity index (χ0n) is 10.9. The number of hydrogen-bond donors (Lipinski definition) is 0. The van der Waals surface area contributed by atoms with Crippen LogP contribution in [0.5, 0.6) is 0 Å². The van der Waals surface area contributed by atoms with Crippen LogP contribution in [-0.2, 0) is 0 Å². The van der Waals surface area contributed by atoms with E-state index >= 15 is 0 Å². The number of halogens is 2. The van der Waals surface area contributed by atoms with Gasteiger partial charge in [0.2, 0.25) is 0 Å². The fourth-order valence-corrected chi connectivity index (χ4v) is 3.42. The number of amides is 1. The van der Waals surface area contributed by atoms with E-state index in [1.54, 1.807) is 11.0 Å². The van der Waals surface area contributed by atoms with Crippen LogP contribution >= 0.6 is 27.5 Å². The zero-order valence-corrected chi connectivity index (χ0v) is 13.2.